The molecule has 8 heteroatoms. The van der Waals surface area contributed by atoms with Crippen LogP contribution in [0.15, 0.2) is 24.3 Å². The predicted octanol–water partition coefficient (Wildman–Crippen LogP) is 0.462. The fourth-order valence-corrected chi connectivity index (χ4v) is 2.53. The molecule has 1 unspecified atom stereocenters. The summed E-state index contributed by atoms with van der Waals surface area (Å²) in [4.78, 5) is 28.0. The highest BCUT2D eigenvalue weighted by Gasteiger charge is 2.26. The van der Waals surface area contributed by atoms with E-state index in [1.807, 2.05) is 0 Å². The Labute approximate surface area is 147 Å². The Kier molecular flexibility index (Phi) is 7.97. The Morgan fingerprint density at radius 1 is 1.17 bits per heavy atom. The molecule has 2 amide bonds. The van der Waals surface area contributed by atoms with Crippen LogP contribution >= 0.6 is 12.4 Å². The molecule has 0 spiro atoms. The van der Waals surface area contributed by atoms with Gasteiger partial charge in [-0.1, -0.05) is 0 Å². The first kappa shape index (κ1) is 20.2. The molecule has 0 bridgehead atoms. The van der Waals surface area contributed by atoms with Gasteiger partial charge in [0.2, 0.25) is 5.91 Å². The third-order valence-electron chi connectivity index (χ3n) is 4.03. The normalized spacial score (nSPS) is 15.6. The second-order valence-electron chi connectivity index (χ2n) is 5.52. The minimum Gasteiger partial charge on any atom is -0.508 e. The Hall–Kier alpha value is -1.83. The van der Waals surface area contributed by atoms with Gasteiger partial charge in [0.1, 0.15) is 5.75 Å². The van der Waals surface area contributed by atoms with Crippen molar-refractivity contribution in [3.8, 4) is 5.75 Å². The van der Waals surface area contributed by atoms with Crippen LogP contribution in [0, 0.1) is 0 Å². The number of piperazine rings is 1. The van der Waals surface area contributed by atoms with E-state index in [-0.39, 0.29) is 42.5 Å². The van der Waals surface area contributed by atoms with E-state index < -0.39 is 0 Å². The number of aromatic hydroxyl groups is 1. The quantitative estimate of drug-likeness (QED) is 0.798. The summed E-state index contributed by atoms with van der Waals surface area (Å²) in [6.45, 7) is 2.30. The fourth-order valence-electron chi connectivity index (χ4n) is 2.53. The summed E-state index contributed by atoms with van der Waals surface area (Å²) in [7, 11) is 1.54. The number of rotatable bonds is 5. The van der Waals surface area contributed by atoms with Crippen molar-refractivity contribution in [2.45, 2.75) is 12.5 Å². The van der Waals surface area contributed by atoms with Gasteiger partial charge in [0.15, 0.2) is 0 Å². The molecular formula is C16H24ClN3O4. The highest BCUT2D eigenvalue weighted by Crippen LogP contribution is 2.14. The number of benzene rings is 1. The van der Waals surface area contributed by atoms with Gasteiger partial charge < -0.3 is 25.4 Å². The van der Waals surface area contributed by atoms with Crippen molar-refractivity contribution in [2.75, 3.05) is 39.8 Å². The highest BCUT2D eigenvalue weighted by atomic mass is 35.5. The first-order chi connectivity index (χ1) is 11.0. The summed E-state index contributed by atoms with van der Waals surface area (Å²) in [5, 5.41) is 9.27. The van der Waals surface area contributed by atoms with Gasteiger partial charge >= 0.3 is 0 Å². The molecule has 1 saturated heterocycles. The monoisotopic (exact) mass is 357 g/mol. The number of methoxy groups -OCH3 is 1. The summed E-state index contributed by atoms with van der Waals surface area (Å²) in [5.74, 6) is 0.0393. The maximum absolute atomic E-state index is 12.4. The second kappa shape index (κ2) is 9.46. The zero-order valence-electron chi connectivity index (χ0n) is 13.7. The van der Waals surface area contributed by atoms with Crippen molar-refractivity contribution in [3.63, 3.8) is 0 Å². The van der Waals surface area contributed by atoms with E-state index in [9.17, 15) is 14.7 Å². The number of carbonyl (C=O) groups is 2. The highest BCUT2D eigenvalue weighted by molar-refractivity contribution is 5.94. The Morgan fingerprint density at radius 2 is 1.71 bits per heavy atom. The van der Waals surface area contributed by atoms with E-state index in [2.05, 4.69) is 0 Å². The predicted molar refractivity (Wildman–Crippen MR) is 92.3 cm³/mol. The number of phenols is 1. The maximum Gasteiger partial charge on any atom is 0.253 e. The van der Waals surface area contributed by atoms with Gasteiger partial charge in [-0.15, -0.1) is 12.4 Å². The van der Waals surface area contributed by atoms with Gasteiger partial charge in [0.25, 0.3) is 5.91 Å². The number of hydrogen-bond acceptors (Lipinski definition) is 5. The summed E-state index contributed by atoms with van der Waals surface area (Å²) < 4.78 is 5.13. The van der Waals surface area contributed by atoms with Crippen LogP contribution in [0.1, 0.15) is 16.8 Å². The van der Waals surface area contributed by atoms with Crippen LogP contribution in [0.3, 0.4) is 0 Å². The molecule has 1 heterocycles. The molecule has 1 aromatic carbocycles. The van der Waals surface area contributed by atoms with Crippen LogP contribution in [0.2, 0.25) is 0 Å². The lowest BCUT2D eigenvalue weighted by molar-refractivity contribution is -0.135. The van der Waals surface area contributed by atoms with E-state index in [0.717, 1.165) is 0 Å². The minimum absolute atomic E-state index is 0. The topological polar surface area (TPSA) is 96.1 Å². The number of nitrogens with two attached hydrogens (primary N) is 1. The summed E-state index contributed by atoms with van der Waals surface area (Å²) in [6, 6.07) is 6.18. The van der Waals surface area contributed by atoms with Crippen LogP contribution in [0.4, 0.5) is 0 Å². The Bertz CT molecular complexity index is 541. The molecule has 0 saturated carbocycles. The zero-order chi connectivity index (χ0) is 16.8. The first-order valence-electron chi connectivity index (χ1n) is 7.64. The Morgan fingerprint density at radius 3 is 2.21 bits per heavy atom. The van der Waals surface area contributed by atoms with Gasteiger partial charge in [0, 0.05) is 45.4 Å². The van der Waals surface area contributed by atoms with Crippen LogP contribution in [0.25, 0.3) is 0 Å². The molecule has 1 atom stereocenters. The van der Waals surface area contributed by atoms with E-state index >= 15 is 0 Å². The molecule has 1 aliphatic heterocycles. The number of nitrogens with zero attached hydrogens (tertiary/aromatic N) is 2. The van der Waals surface area contributed by atoms with Crippen molar-refractivity contribution in [2.24, 2.45) is 5.73 Å². The summed E-state index contributed by atoms with van der Waals surface area (Å²) in [6.07, 6.45) is -0.00186. The molecule has 0 aromatic heterocycles. The fraction of sp³-hybridized carbons (Fsp3) is 0.500. The third kappa shape index (κ3) is 5.09. The number of ether oxygens (including phenoxy) is 1. The molecule has 0 aliphatic carbocycles. The molecule has 24 heavy (non-hydrogen) atoms. The van der Waals surface area contributed by atoms with E-state index in [1.165, 1.54) is 12.1 Å². The van der Waals surface area contributed by atoms with Gasteiger partial charge in [-0.3, -0.25) is 9.59 Å². The molecule has 134 valence electrons. The number of halogens is 1. The van der Waals surface area contributed by atoms with Crippen LogP contribution in [-0.2, 0) is 9.53 Å². The molecule has 1 aromatic rings. The first-order valence-corrected chi connectivity index (χ1v) is 7.64. The molecule has 2 rings (SSSR count). The minimum atomic E-state index is -0.265. The smallest absolute Gasteiger partial charge is 0.253 e. The van der Waals surface area contributed by atoms with E-state index in [0.29, 0.717) is 38.3 Å². The lowest BCUT2D eigenvalue weighted by atomic mass is 10.1. The van der Waals surface area contributed by atoms with Gasteiger partial charge in [0.05, 0.1) is 12.5 Å². The van der Waals surface area contributed by atoms with Crippen molar-refractivity contribution >= 4 is 24.2 Å². The molecule has 3 N–H and O–H groups in total. The van der Waals surface area contributed by atoms with Gasteiger partial charge in [-0.25, -0.2) is 0 Å². The van der Waals surface area contributed by atoms with Gasteiger partial charge in [-0.2, -0.15) is 0 Å². The van der Waals surface area contributed by atoms with Crippen molar-refractivity contribution in [3.05, 3.63) is 29.8 Å². The van der Waals surface area contributed by atoms with Crippen molar-refractivity contribution in [1.82, 2.24) is 9.80 Å². The van der Waals surface area contributed by atoms with Crippen molar-refractivity contribution < 1.29 is 19.4 Å². The molecule has 1 fully saturated rings. The second-order valence-corrected chi connectivity index (χ2v) is 5.52. The summed E-state index contributed by atoms with van der Waals surface area (Å²) >= 11 is 0. The summed E-state index contributed by atoms with van der Waals surface area (Å²) in [5.41, 5.74) is 6.06. The van der Waals surface area contributed by atoms with Crippen LogP contribution in [-0.4, -0.2) is 72.7 Å². The van der Waals surface area contributed by atoms with Crippen molar-refractivity contribution in [1.29, 1.82) is 0 Å². The third-order valence-corrected chi connectivity index (χ3v) is 4.03. The van der Waals surface area contributed by atoms with Crippen LogP contribution < -0.4 is 5.73 Å². The molecule has 0 radical (unpaired) electrons. The number of carbonyl (C=O) groups excluding carboxylic acids is 2. The SMILES string of the molecule is COC(CN)CC(=O)N1CCN(C(=O)c2ccc(O)cc2)CC1.Cl. The lowest BCUT2D eigenvalue weighted by Crippen LogP contribution is -2.51. The maximum atomic E-state index is 12.4. The van der Waals surface area contributed by atoms with E-state index in [4.69, 9.17) is 10.5 Å². The zero-order valence-corrected chi connectivity index (χ0v) is 14.5. The van der Waals surface area contributed by atoms with E-state index in [1.54, 1.807) is 29.0 Å². The van der Waals surface area contributed by atoms with Gasteiger partial charge in [-0.05, 0) is 24.3 Å². The molecule has 1 aliphatic rings. The number of phenolic OH excluding ortho intramolecular Hbond substituents is 1. The standard InChI is InChI=1S/C16H23N3O4.ClH/c1-23-14(11-17)10-15(21)18-6-8-19(9-7-18)16(22)12-2-4-13(20)5-3-12;/h2-5,14,20H,6-11,17H2,1H3;1H. The Balaban J connectivity index is 0.00000288. The van der Waals surface area contributed by atoms with Crippen LogP contribution in [0.5, 0.6) is 5.75 Å². The number of amides is 2. The molecular weight excluding hydrogens is 334 g/mol. The average molecular weight is 358 g/mol. The number of hydrogen-bond donors (Lipinski definition) is 2. The molecule has 7 nitrogen and oxygen atoms in total. The lowest BCUT2D eigenvalue weighted by Gasteiger charge is -2.35. The largest absolute Gasteiger partial charge is 0.508 e. The average Bonchev–Trinajstić information content (AvgIpc) is 2.59.